The molecule has 0 saturated carbocycles. The standard InChI is InChI=1S/C8H11BrN2/c1-3-6(2)7-4-5-8(9)11-10-7/h4-6H,3H2,1-2H3. The lowest BCUT2D eigenvalue weighted by molar-refractivity contribution is 0.688. The minimum absolute atomic E-state index is 0.510. The summed E-state index contributed by atoms with van der Waals surface area (Å²) in [7, 11) is 0. The molecule has 0 aliphatic rings. The van der Waals surface area contributed by atoms with Gasteiger partial charge in [-0.05, 0) is 40.4 Å². The third kappa shape index (κ3) is 2.26. The Kier molecular flexibility index (Phi) is 3.00. The molecule has 0 saturated heterocycles. The Morgan fingerprint density at radius 3 is 2.64 bits per heavy atom. The van der Waals surface area contributed by atoms with Crippen molar-refractivity contribution in [1.29, 1.82) is 0 Å². The van der Waals surface area contributed by atoms with Crippen LogP contribution in [-0.4, -0.2) is 10.2 Å². The van der Waals surface area contributed by atoms with Gasteiger partial charge in [-0.1, -0.05) is 13.8 Å². The van der Waals surface area contributed by atoms with Crippen LogP contribution < -0.4 is 0 Å². The van der Waals surface area contributed by atoms with E-state index in [-0.39, 0.29) is 0 Å². The average molecular weight is 215 g/mol. The quantitative estimate of drug-likeness (QED) is 0.757. The number of hydrogen-bond acceptors (Lipinski definition) is 2. The molecule has 0 bridgehead atoms. The van der Waals surface area contributed by atoms with Crippen molar-refractivity contribution in [2.75, 3.05) is 0 Å². The Morgan fingerprint density at radius 1 is 1.45 bits per heavy atom. The molecule has 0 radical (unpaired) electrons. The first-order valence-corrected chi connectivity index (χ1v) is 4.52. The highest BCUT2D eigenvalue weighted by atomic mass is 79.9. The molecular weight excluding hydrogens is 204 g/mol. The Bertz CT molecular complexity index is 220. The van der Waals surface area contributed by atoms with Gasteiger partial charge in [0.05, 0.1) is 5.69 Å². The topological polar surface area (TPSA) is 25.8 Å². The molecule has 11 heavy (non-hydrogen) atoms. The van der Waals surface area contributed by atoms with E-state index in [1.54, 1.807) is 0 Å². The van der Waals surface area contributed by atoms with Crippen molar-refractivity contribution in [3.8, 4) is 0 Å². The van der Waals surface area contributed by atoms with E-state index in [9.17, 15) is 0 Å². The molecule has 0 amide bonds. The van der Waals surface area contributed by atoms with Gasteiger partial charge in [-0.2, -0.15) is 5.10 Å². The molecule has 1 heterocycles. The van der Waals surface area contributed by atoms with Crippen LogP contribution in [0.15, 0.2) is 16.7 Å². The van der Waals surface area contributed by atoms with Crippen molar-refractivity contribution < 1.29 is 0 Å². The van der Waals surface area contributed by atoms with Crippen molar-refractivity contribution in [3.05, 3.63) is 22.4 Å². The zero-order valence-electron chi connectivity index (χ0n) is 6.71. The van der Waals surface area contributed by atoms with Crippen LogP contribution in [-0.2, 0) is 0 Å². The molecule has 0 N–H and O–H groups in total. The van der Waals surface area contributed by atoms with E-state index < -0.39 is 0 Å². The van der Waals surface area contributed by atoms with Crippen LogP contribution >= 0.6 is 15.9 Å². The molecule has 3 heteroatoms. The molecule has 0 aliphatic heterocycles. The van der Waals surface area contributed by atoms with E-state index in [2.05, 4.69) is 40.0 Å². The molecule has 2 nitrogen and oxygen atoms in total. The molecule has 1 aromatic rings. The summed E-state index contributed by atoms with van der Waals surface area (Å²) in [5.74, 6) is 0.510. The maximum absolute atomic E-state index is 4.05. The predicted molar refractivity (Wildman–Crippen MR) is 48.4 cm³/mol. The van der Waals surface area contributed by atoms with E-state index in [0.29, 0.717) is 5.92 Å². The summed E-state index contributed by atoms with van der Waals surface area (Å²) in [5, 5.41) is 7.97. The Labute approximate surface area is 75.2 Å². The minimum Gasteiger partial charge on any atom is -0.154 e. The van der Waals surface area contributed by atoms with E-state index >= 15 is 0 Å². The van der Waals surface area contributed by atoms with Gasteiger partial charge in [-0.3, -0.25) is 0 Å². The highest BCUT2D eigenvalue weighted by Crippen LogP contribution is 2.15. The average Bonchev–Trinajstić information content (AvgIpc) is 2.05. The number of rotatable bonds is 2. The van der Waals surface area contributed by atoms with Gasteiger partial charge in [0.1, 0.15) is 4.60 Å². The summed E-state index contributed by atoms with van der Waals surface area (Å²) in [5.41, 5.74) is 1.07. The molecule has 0 fully saturated rings. The lowest BCUT2D eigenvalue weighted by Gasteiger charge is -2.05. The summed E-state index contributed by atoms with van der Waals surface area (Å²) in [6.45, 7) is 4.30. The first-order chi connectivity index (χ1) is 5.24. The second kappa shape index (κ2) is 3.81. The van der Waals surface area contributed by atoms with Gasteiger partial charge < -0.3 is 0 Å². The summed E-state index contributed by atoms with van der Waals surface area (Å²) in [4.78, 5) is 0. The fourth-order valence-corrected chi connectivity index (χ4v) is 1.01. The first-order valence-electron chi connectivity index (χ1n) is 3.73. The van der Waals surface area contributed by atoms with E-state index in [1.165, 1.54) is 0 Å². The van der Waals surface area contributed by atoms with E-state index in [4.69, 9.17) is 0 Å². The molecule has 1 rings (SSSR count). The zero-order valence-corrected chi connectivity index (χ0v) is 8.30. The summed E-state index contributed by atoms with van der Waals surface area (Å²) < 4.78 is 0.796. The van der Waals surface area contributed by atoms with Gasteiger partial charge in [0.25, 0.3) is 0 Å². The highest BCUT2D eigenvalue weighted by molar-refractivity contribution is 9.10. The van der Waals surface area contributed by atoms with Crippen LogP contribution in [0.1, 0.15) is 31.9 Å². The number of nitrogens with zero attached hydrogens (tertiary/aromatic N) is 2. The largest absolute Gasteiger partial charge is 0.154 e. The van der Waals surface area contributed by atoms with E-state index in [1.807, 2.05) is 12.1 Å². The lowest BCUT2D eigenvalue weighted by atomic mass is 10.1. The molecule has 60 valence electrons. The van der Waals surface area contributed by atoms with Gasteiger partial charge in [-0.25, -0.2) is 0 Å². The summed E-state index contributed by atoms with van der Waals surface area (Å²) >= 11 is 3.24. The summed E-state index contributed by atoms with van der Waals surface area (Å²) in [6, 6.07) is 3.93. The van der Waals surface area contributed by atoms with Crippen molar-refractivity contribution in [2.24, 2.45) is 0 Å². The van der Waals surface area contributed by atoms with Crippen LogP contribution in [0.2, 0.25) is 0 Å². The summed E-state index contributed by atoms with van der Waals surface area (Å²) in [6.07, 6.45) is 1.11. The van der Waals surface area contributed by atoms with Crippen LogP contribution in [0.3, 0.4) is 0 Å². The van der Waals surface area contributed by atoms with Crippen LogP contribution in [0, 0.1) is 0 Å². The molecule has 0 spiro atoms. The van der Waals surface area contributed by atoms with Crippen LogP contribution in [0.5, 0.6) is 0 Å². The van der Waals surface area contributed by atoms with E-state index in [0.717, 1.165) is 16.7 Å². The van der Waals surface area contributed by atoms with Crippen molar-refractivity contribution in [3.63, 3.8) is 0 Å². The van der Waals surface area contributed by atoms with Crippen LogP contribution in [0.4, 0.5) is 0 Å². The van der Waals surface area contributed by atoms with Gasteiger partial charge in [0.2, 0.25) is 0 Å². The smallest absolute Gasteiger partial charge is 0.128 e. The van der Waals surface area contributed by atoms with Gasteiger partial charge in [-0.15, -0.1) is 5.10 Å². The van der Waals surface area contributed by atoms with Gasteiger partial charge in [0, 0.05) is 0 Å². The van der Waals surface area contributed by atoms with Crippen LogP contribution in [0.25, 0.3) is 0 Å². The molecule has 0 aliphatic carbocycles. The maximum atomic E-state index is 4.05. The first kappa shape index (κ1) is 8.65. The van der Waals surface area contributed by atoms with Crippen molar-refractivity contribution in [2.45, 2.75) is 26.2 Å². The molecule has 0 aromatic carbocycles. The second-order valence-electron chi connectivity index (χ2n) is 2.59. The third-order valence-electron chi connectivity index (χ3n) is 1.77. The molecule has 1 unspecified atom stereocenters. The molecule has 1 aromatic heterocycles. The fourth-order valence-electron chi connectivity index (χ4n) is 0.798. The third-order valence-corrected chi connectivity index (χ3v) is 2.19. The minimum atomic E-state index is 0.510. The number of aromatic nitrogens is 2. The van der Waals surface area contributed by atoms with Gasteiger partial charge in [0.15, 0.2) is 0 Å². The Balaban J connectivity index is 2.81. The lowest BCUT2D eigenvalue weighted by Crippen LogP contribution is -1.96. The monoisotopic (exact) mass is 214 g/mol. The number of halogens is 1. The SMILES string of the molecule is CCC(C)c1ccc(Br)nn1. The highest BCUT2D eigenvalue weighted by Gasteiger charge is 2.03. The fraction of sp³-hybridized carbons (Fsp3) is 0.500. The van der Waals surface area contributed by atoms with Crippen molar-refractivity contribution in [1.82, 2.24) is 10.2 Å². The second-order valence-corrected chi connectivity index (χ2v) is 3.40. The van der Waals surface area contributed by atoms with Gasteiger partial charge >= 0.3 is 0 Å². The molecule has 1 atom stereocenters. The number of hydrogen-bond donors (Lipinski definition) is 0. The Hall–Kier alpha value is -0.440. The zero-order chi connectivity index (χ0) is 8.27. The predicted octanol–water partition coefficient (Wildman–Crippen LogP) is 2.75. The molecular formula is C8H11BrN2. The normalized spacial score (nSPS) is 13.0. The van der Waals surface area contributed by atoms with Crippen molar-refractivity contribution >= 4 is 15.9 Å². The Morgan fingerprint density at radius 2 is 2.18 bits per heavy atom. The maximum Gasteiger partial charge on any atom is 0.128 e.